The third-order valence-electron chi connectivity index (χ3n) is 2.86. The van der Waals surface area contributed by atoms with Gasteiger partial charge < -0.3 is 10.4 Å². The highest BCUT2D eigenvalue weighted by atomic mass is 16.3. The van der Waals surface area contributed by atoms with E-state index in [9.17, 15) is 5.11 Å². The molecule has 1 saturated heterocycles. The standard InChI is InChI=1S/C10H22N2O/c1-3-9-5-4-6-12(9)8-10(13)7-11-2/h9-11,13H,3-8H2,1-2H3. The zero-order chi connectivity index (χ0) is 9.68. The maximum atomic E-state index is 9.62. The molecule has 3 nitrogen and oxygen atoms in total. The summed E-state index contributed by atoms with van der Waals surface area (Å²) in [7, 11) is 1.88. The van der Waals surface area contributed by atoms with Gasteiger partial charge in [0.15, 0.2) is 0 Å². The molecule has 1 fully saturated rings. The Morgan fingerprint density at radius 1 is 1.62 bits per heavy atom. The van der Waals surface area contributed by atoms with Gasteiger partial charge in [0.25, 0.3) is 0 Å². The van der Waals surface area contributed by atoms with Gasteiger partial charge in [-0.2, -0.15) is 0 Å². The molecule has 2 N–H and O–H groups in total. The van der Waals surface area contributed by atoms with Crippen molar-refractivity contribution in [1.82, 2.24) is 10.2 Å². The van der Waals surface area contributed by atoms with Gasteiger partial charge in [-0.15, -0.1) is 0 Å². The zero-order valence-corrected chi connectivity index (χ0v) is 8.79. The molecule has 0 bridgehead atoms. The third-order valence-corrected chi connectivity index (χ3v) is 2.86. The number of hydrogen-bond donors (Lipinski definition) is 2. The molecule has 1 aliphatic rings. The first-order valence-corrected chi connectivity index (χ1v) is 5.34. The summed E-state index contributed by atoms with van der Waals surface area (Å²) in [6.45, 7) is 4.93. The lowest BCUT2D eigenvalue weighted by Gasteiger charge is -2.25. The Morgan fingerprint density at radius 2 is 2.38 bits per heavy atom. The number of aliphatic hydroxyl groups excluding tert-OH is 1. The lowest BCUT2D eigenvalue weighted by Crippen LogP contribution is -2.39. The number of β-amino-alcohol motifs (C(OH)–C–C–N with tert-alkyl or cyclic N) is 1. The van der Waals surface area contributed by atoms with Gasteiger partial charge in [0.1, 0.15) is 0 Å². The molecule has 78 valence electrons. The first-order chi connectivity index (χ1) is 6.27. The van der Waals surface area contributed by atoms with Crippen LogP contribution in [-0.4, -0.2) is 48.8 Å². The minimum atomic E-state index is -0.211. The van der Waals surface area contributed by atoms with Crippen LogP contribution in [0.2, 0.25) is 0 Å². The van der Waals surface area contributed by atoms with Crippen molar-refractivity contribution >= 4 is 0 Å². The Morgan fingerprint density at radius 3 is 3.00 bits per heavy atom. The molecule has 13 heavy (non-hydrogen) atoms. The lowest BCUT2D eigenvalue weighted by molar-refractivity contribution is 0.105. The largest absolute Gasteiger partial charge is 0.390 e. The van der Waals surface area contributed by atoms with Gasteiger partial charge in [-0.25, -0.2) is 0 Å². The van der Waals surface area contributed by atoms with E-state index in [-0.39, 0.29) is 6.10 Å². The minimum Gasteiger partial charge on any atom is -0.390 e. The molecule has 0 radical (unpaired) electrons. The van der Waals surface area contributed by atoms with Crippen LogP contribution in [-0.2, 0) is 0 Å². The molecule has 0 aromatic heterocycles. The molecular weight excluding hydrogens is 164 g/mol. The Bertz CT molecular complexity index is 141. The molecule has 1 heterocycles. The number of likely N-dealkylation sites (N-methyl/N-ethyl adjacent to an activating group) is 1. The number of nitrogens with zero attached hydrogens (tertiary/aromatic N) is 1. The van der Waals surface area contributed by atoms with Crippen LogP contribution < -0.4 is 5.32 Å². The number of nitrogens with one attached hydrogen (secondary N) is 1. The molecule has 1 rings (SSSR count). The summed E-state index contributed by atoms with van der Waals surface area (Å²) in [6.07, 6.45) is 3.61. The summed E-state index contributed by atoms with van der Waals surface area (Å²) in [5.74, 6) is 0. The van der Waals surface area contributed by atoms with E-state index in [4.69, 9.17) is 0 Å². The van der Waals surface area contributed by atoms with Crippen LogP contribution in [0.15, 0.2) is 0 Å². The Hall–Kier alpha value is -0.120. The predicted molar refractivity (Wildman–Crippen MR) is 54.8 cm³/mol. The summed E-state index contributed by atoms with van der Waals surface area (Å²) < 4.78 is 0. The average molecular weight is 186 g/mol. The molecule has 0 amide bonds. The van der Waals surface area contributed by atoms with E-state index in [2.05, 4.69) is 17.1 Å². The van der Waals surface area contributed by atoms with Crippen LogP contribution in [0.25, 0.3) is 0 Å². The molecular formula is C10H22N2O. The Labute approximate surface area is 81.1 Å². The lowest BCUT2D eigenvalue weighted by atomic mass is 10.1. The molecule has 0 aromatic rings. The van der Waals surface area contributed by atoms with Crippen molar-refractivity contribution in [2.75, 3.05) is 26.7 Å². The smallest absolute Gasteiger partial charge is 0.0791 e. The fourth-order valence-corrected chi connectivity index (χ4v) is 2.17. The fourth-order valence-electron chi connectivity index (χ4n) is 2.17. The predicted octanol–water partition coefficient (Wildman–Crippen LogP) is 0.441. The second kappa shape index (κ2) is 5.58. The van der Waals surface area contributed by atoms with Crippen molar-refractivity contribution in [3.05, 3.63) is 0 Å². The van der Waals surface area contributed by atoms with Crippen molar-refractivity contribution in [1.29, 1.82) is 0 Å². The maximum Gasteiger partial charge on any atom is 0.0791 e. The minimum absolute atomic E-state index is 0.211. The summed E-state index contributed by atoms with van der Waals surface area (Å²) in [4.78, 5) is 2.42. The average Bonchev–Trinajstić information content (AvgIpc) is 2.52. The van der Waals surface area contributed by atoms with Gasteiger partial charge >= 0.3 is 0 Å². The monoisotopic (exact) mass is 186 g/mol. The van der Waals surface area contributed by atoms with E-state index < -0.39 is 0 Å². The highest BCUT2D eigenvalue weighted by molar-refractivity contribution is 4.80. The molecule has 0 aromatic carbocycles. The van der Waals surface area contributed by atoms with Crippen molar-refractivity contribution < 1.29 is 5.11 Å². The van der Waals surface area contributed by atoms with Gasteiger partial charge in [-0.3, -0.25) is 4.90 Å². The van der Waals surface area contributed by atoms with Gasteiger partial charge in [-0.05, 0) is 32.9 Å². The van der Waals surface area contributed by atoms with Gasteiger partial charge in [0.2, 0.25) is 0 Å². The van der Waals surface area contributed by atoms with E-state index in [1.54, 1.807) is 0 Å². The second-order valence-corrected chi connectivity index (χ2v) is 3.91. The van der Waals surface area contributed by atoms with Crippen LogP contribution in [0.4, 0.5) is 0 Å². The molecule has 2 atom stereocenters. The topological polar surface area (TPSA) is 35.5 Å². The quantitative estimate of drug-likeness (QED) is 0.654. The number of aliphatic hydroxyl groups is 1. The van der Waals surface area contributed by atoms with Crippen molar-refractivity contribution in [3.8, 4) is 0 Å². The number of rotatable bonds is 5. The number of likely N-dealkylation sites (tertiary alicyclic amines) is 1. The van der Waals surface area contributed by atoms with Crippen LogP contribution in [0.1, 0.15) is 26.2 Å². The van der Waals surface area contributed by atoms with Crippen molar-refractivity contribution in [3.63, 3.8) is 0 Å². The Kier molecular flexibility index (Phi) is 4.70. The summed E-state index contributed by atoms with van der Waals surface area (Å²) in [5, 5.41) is 12.6. The van der Waals surface area contributed by atoms with E-state index in [0.29, 0.717) is 12.6 Å². The maximum absolute atomic E-state index is 9.62. The first kappa shape index (κ1) is 11.0. The number of hydrogen-bond acceptors (Lipinski definition) is 3. The molecule has 3 heteroatoms. The molecule has 1 aliphatic heterocycles. The van der Waals surface area contributed by atoms with Crippen LogP contribution in [0.5, 0.6) is 0 Å². The zero-order valence-electron chi connectivity index (χ0n) is 8.79. The first-order valence-electron chi connectivity index (χ1n) is 5.34. The molecule has 0 saturated carbocycles. The van der Waals surface area contributed by atoms with Gasteiger partial charge in [-0.1, -0.05) is 6.92 Å². The van der Waals surface area contributed by atoms with Crippen LogP contribution in [0, 0.1) is 0 Å². The van der Waals surface area contributed by atoms with E-state index in [1.165, 1.54) is 25.8 Å². The van der Waals surface area contributed by atoms with E-state index in [0.717, 1.165) is 6.54 Å². The highest BCUT2D eigenvalue weighted by Gasteiger charge is 2.24. The highest BCUT2D eigenvalue weighted by Crippen LogP contribution is 2.19. The van der Waals surface area contributed by atoms with E-state index >= 15 is 0 Å². The summed E-state index contributed by atoms with van der Waals surface area (Å²) >= 11 is 0. The van der Waals surface area contributed by atoms with Gasteiger partial charge in [0.05, 0.1) is 6.10 Å². The fraction of sp³-hybridized carbons (Fsp3) is 1.00. The summed E-state index contributed by atoms with van der Waals surface area (Å²) in [5.41, 5.74) is 0. The normalized spacial score (nSPS) is 26.5. The SMILES string of the molecule is CCC1CCCN1CC(O)CNC. The molecule has 2 unspecified atom stereocenters. The van der Waals surface area contributed by atoms with Crippen molar-refractivity contribution in [2.24, 2.45) is 0 Å². The second-order valence-electron chi connectivity index (χ2n) is 3.91. The Balaban J connectivity index is 2.26. The van der Waals surface area contributed by atoms with Crippen molar-refractivity contribution in [2.45, 2.75) is 38.3 Å². The van der Waals surface area contributed by atoms with E-state index in [1.807, 2.05) is 7.05 Å². The van der Waals surface area contributed by atoms with Crippen LogP contribution >= 0.6 is 0 Å². The molecule has 0 spiro atoms. The third kappa shape index (κ3) is 3.25. The molecule has 0 aliphatic carbocycles. The van der Waals surface area contributed by atoms with Gasteiger partial charge in [0, 0.05) is 19.1 Å². The van der Waals surface area contributed by atoms with Crippen LogP contribution in [0.3, 0.4) is 0 Å². The summed E-state index contributed by atoms with van der Waals surface area (Å²) in [6, 6.07) is 0.714.